The van der Waals surface area contributed by atoms with Crippen LogP contribution in [0.4, 0.5) is 0 Å². The fourth-order valence-corrected chi connectivity index (χ4v) is 8.76. The Morgan fingerprint density at radius 1 is 0.840 bits per heavy atom. The third-order valence-corrected chi connectivity index (χ3v) is 10.8. The molecule has 0 saturated carbocycles. The van der Waals surface area contributed by atoms with Gasteiger partial charge in [-0.25, -0.2) is 0 Å². The summed E-state index contributed by atoms with van der Waals surface area (Å²) < 4.78 is 1.18. The molecule has 0 nitrogen and oxygen atoms in total. The third kappa shape index (κ3) is 3.75. The number of rotatable bonds is 4. The molecule has 0 aromatic heterocycles. The van der Waals surface area contributed by atoms with Crippen molar-refractivity contribution >= 4 is 12.2 Å². The number of halogens is 2. The van der Waals surface area contributed by atoms with Crippen molar-refractivity contribution in [1.82, 2.24) is 0 Å². The molecule has 0 spiro atoms. The maximum absolute atomic E-state index is 2.55. The van der Waals surface area contributed by atoms with Gasteiger partial charge < -0.3 is 24.8 Å². The number of fused-ring (bicyclic) bond motifs is 2. The number of allylic oxidation sites excluding steroid dienone is 2. The van der Waals surface area contributed by atoms with Crippen LogP contribution in [0.15, 0.2) is 60.7 Å². The molecule has 0 aliphatic heterocycles. The van der Waals surface area contributed by atoms with Gasteiger partial charge in [-0.3, -0.25) is 0 Å². The third-order valence-electron chi connectivity index (χ3n) is 5.50. The molecule has 3 heteroatoms. The molecule has 2 aromatic carbocycles. The summed E-state index contributed by atoms with van der Waals surface area (Å²) in [6.45, 7) is 4.94. The topological polar surface area (TPSA) is 0 Å². The van der Waals surface area contributed by atoms with Crippen molar-refractivity contribution in [3.8, 4) is 0 Å². The standard InChI is InChI=1S/C13H15.C9H7.2ClH.Zr/c1-3-10(2)12-9-8-11-6-4-5-7-13(11)12;1-2-5-9-7-3-6-8(9)4-1;;;/h4-9,12H,3H2,1-2H3;1-7H;2*1H;/q;;;;+2/p-2. The van der Waals surface area contributed by atoms with E-state index < -0.39 is 23.2 Å². The molecule has 2 aromatic rings. The van der Waals surface area contributed by atoms with Crippen molar-refractivity contribution < 1.29 is 48.0 Å². The van der Waals surface area contributed by atoms with E-state index >= 15 is 0 Å². The monoisotopic (exact) mass is 446 g/mol. The van der Waals surface area contributed by atoms with Crippen LogP contribution in [0.3, 0.4) is 0 Å². The predicted octanol–water partition coefficient (Wildman–Crippen LogP) is 0.244. The molecule has 0 bridgehead atoms. The first-order valence-electron chi connectivity index (χ1n) is 8.53. The molecular formula is C22H22Cl2Zr. The molecule has 2 aliphatic carbocycles. The fraction of sp³-hybridized carbons (Fsp3) is 0.273. The van der Waals surface area contributed by atoms with E-state index in [1.807, 2.05) is 0 Å². The summed E-state index contributed by atoms with van der Waals surface area (Å²) in [4.78, 5) is 0. The summed E-state index contributed by atoms with van der Waals surface area (Å²) >= 11 is -0.651. The zero-order valence-corrected chi connectivity index (χ0v) is 18.5. The van der Waals surface area contributed by atoms with Crippen molar-refractivity contribution in [2.24, 2.45) is 0 Å². The molecule has 25 heavy (non-hydrogen) atoms. The van der Waals surface area contributed by atoms with Crippen molar-refractivity contribution in [2.75, 3.05) is 0 Å². The van der Waals surface area contributed by atoms with Crippen molar-refractivity contribution in [3.63, 3.8) is 0 Å². The van der Waals surface area contributed by atoms with E-state index in [1.54, 1.807) is 11.1 Å². The Kier molecular flexibility index (Phi) is 6.94. The van der Waals surface area contributed by atoms with Gasteiger partial charge in [0.15, 0.2) is 0 Å². The van der Waals surface area contributed by atoms with Crippen LogP contribution in [0.1, 0.15) is 52.1 Å². The number of hydrogen-bond acceptors (Lipinski definition) is 0. The van der Waals surface area contributed by atoms with E-state index in [2.05, 4.69) is 86.7 Å². The average molecular weight is 449 g/mol. The predicted molar refractivity (Wildman–Crippen MR) is 95.1 cm³/mol. The molecule has 2 aliphatic rings. The Labute approximate surface area is 175 Å². The number of hydrogen-bond donors (Lipinski definition) is 0. The Hall–Kier alpha value is -0.617. The molecule has 128 valence electrons. The van der Waals surface area contributed by atoms with E-state index in [0.29, 0.717) is 9.04 Å². The fourth-order valence-electron chi connectivity index (χ4n) is 3.95. The van der Waals surface area contributed by atoms with Gasteiger partial charge in [-0.2, -0.15) is 0 Å². The van der Waals surface area contributed by atoms with Gasteiger partial charge in [0.05, 0.1) is 0 Å². The van der Waals surface area contributed by atoms with Crippen LogP contribution in [0.25, 0.3) is 12.2 Å². The van der Waals surface area contributed by atoms with Crippen molar-refractivity contribution in [2.45, 2.75) is 32.9 Å². The van der Waals surface area contributed by atoms with Gasteiger partial charge in [0.1, 0.15) is 0 Å². The molecular weight excluding hydrogens is 426 g/mol. The van der Waals surface area contributed by atoms with E-state index in [0.717, 1.165) is 3.63 Å². The van der Waals surface area contributed by atoms with Crippen LogP contribution in [0.2, 0.25) is 3.12 Å². The van der Waals surface area contributed by atoms with Gasteiger partial charge in [-0.15, -0.1) is 0 Å². The first kappa shape index (κ1) is 20.7. The Morgan fingerprint density at radius 3 is 2.08 bits per heavy atom. The van der Waals surface area contributed by atoms with Crippen LogP contribution in [-0.4, -0.2) is 0 Å². The maximum Gasteiger partial charge on any atom is -1.00 e. The summed E-state index contributed by atoms with van der Waals surface area (Å²) in [5.74, 6) is 0.608. The summed E-state index contributed by atoms with van der Waals surface area (Å²) in [5, 5.41) is 0. The smallest absolute Gasteiger partial charge is 1.00 e. The molecule has 0 saturated heterocycles. The second-order valence-electron chi connectivity index (χ2n) is 6.85. The van der Waals surface area contributed by atoms with E-state index in [1.165, 1.54) is 17.5 Å². The molecule has 3 atom stereocenters. The molecule has 3 unspecified atom stereocenters. The molecule has 0 radical (unpaired) electrons. The minimum atomic E-state index is -0.651. The average Bonchev–Trinajstić information content (AvgIpc) is 3.20. The minimum absolute atomic E-state index is 0. The Balaban J connectivity index is 0.00000113. The van der Waals surface area contributed by atoms with Gasteiger partial charge in [-0.1, -0.05) is 0 Å². The zero-order chi connectivity index (χ0) is 15.9. The van der Waals surface area contributed by atoms with Gasteiger partial charge in [0.2, 0.25) is 0 Å². The SMILES string of the molecule is CC[C](C)([Zr+2][CH]1C=Cc2ccccc21)C1C=Cc2ccccc21.[Cl-].[Cl-]. The van der Waals surface area contributed by atoms with Crippen LogP contribution < -0.4 is 24.8 Å². The van der Waals surface area contributed by atoms with Crippen LogP contribution in [0, 0.1) is 0 Å². The Bertz CT molecular complexity index is 796. The Morgan fingerprint density at radius 2 is 1.40 bits per heavy atom. The largest absolute Gasteiger partial charge is 1.00 e. The normalized spacial score (nSPS) is 21.4. The van der Waals surface area contributed by atoms with Crippen LogP contribution in [-0.2, 0) is 23.2 Å². The number of benzene rings is 2. The molecule has 0 fully saturated rings. The molecule has 0 amide bonds. The second-order valence-corrected chi connectivity index (χ2v) is 11.9. The zero-order valence-electron chi connectivity index (χ0n) is 14.5. The summed E-state index contributed by atoms with van der Waals surface area (Å²) in [7, 11) is 0. The summed E-state index contributed by atoms with van der Waals surface area (Å²) in [5.41, 5.74) is 6.00. The van der Waals surface area contributed by atoms with Crippen LogP contribution >= 0.6 is 0 Å². The van der Waals surface area contributed by atoms with Gasteiger partial charge in [0.25, 0.3) is 0 Å². The molecule has 0 heterocycles. The van der Waals surface area contributed by atoms with E-state index in [9.17, 15) is 0 Å². The summed E-state index contributed by atoms with van der Waals surface area (Å²) in [6, 6.07) is 17.9. The van der Waals surface area contributed by atoms with Crippen molar-refractivity contribution in [1.29, 1.82) is 0 Å². The molecule has 0 N–H and O–H groups in total. The van der Waals surface area contributed by atoms with E-state index in [-0.39, 0.29) is 24.8 Å². The quantitative estimate of drug-likeness (QED) is 0.629. The maximum atomic E-state index is 2.55. The van der Waals surface area contributed by atoms with Gasteiger partial charge >= 0.3 is 151 Å². The summed E-state index contributed by atoms with van der Waals surface area (Å²) in [6.07, 6.45) is 10.9. The first-order valence-corrected chi connectivity index (χ1v) is 11.2. The first-order chi connectivity index (χ1) is 11.2. The minimum Gasteiger partial charge on any atom is -1.00 e. The second kappa shape index (κ2) is 8.38. The van der Waals surface area contributed by atoms with E-state index in [4.69, 9.17) is 0 Å². The van der Waals surface area contributed by atoms with Crippen molar-refractivity contribution in [3.05, 3.63) is 82.9 Å². The molecule has 4 rings (SSSR count). The van der Waals surface area contributed by atoms with Gasteiger partial charge in [0, 0.05) is 0 Å². The van der Waals surface area contributed by atoms with Crippen LogP contribution in [0.5, 0.6) is 0 Å². The van der Waals surface area contributed by atoms with Gasteiger partial charge in [-0.05, 0) is 0 Å².